The van der Waals surface area contributed by atoms with Crippen LogP contribution < -0.4 is 5.32 Å². The lowest BCUT2D eigenvalue weighted by atomic mass is 9.69. The third-order valence-corrected chi connectivity index (χ3v) is 5.66. The first-order chi connectivity index (χ1) is 8.41. The normalized spacial score (nSPS) is 37.8. The molecule has 18 heavy (non-hydrogen) atoms. The summed E-state index contributed by atoms with van der Waals surface area (Å²) < 4.78 is 0. The highest BCUT2D eigenvalue weighted by molar-refractivity contribution is 5.88. The Balaban J connectivity index is 2.03. The van der Waals surface area contributed by atoms with Gasteiger partial charge in [0.25, 0.3) is 0 Å². The van der Waals surface area contributed by atoms with Crippen LogP contribution in [0.25, 0.3) is 0 Å². The third kappa shape index (κ3) is 1.92. The monoisotopic (exact) mass is 247 g/mol. The predicted octanol–water partition coefficient (Wildman–Crippen LogP) is 3.45. The molecule has 2 rings (SSSR count). The van der Waals surface area contributed by atoms with Gasteiger partial charge in [0.1, 0.15) is 0 Å². The van der Waals surface area contributed by atoms with Gasteiger partial charge in [-0.3, -0.25) is 4.79 Å². The van der Waals surface area contributed by atoms with Gasteiger partial charge >= 0.3 is 0 Å². The average Bonchev–Trinajstić information content (AvgIpc) is 2.62. The molecule has 2 bridgehead atoms. The van der Waals surface area contributed by atoms with Crippen LogP contribution in [-0.4, -0.2) is 11.9 Å². The van der Waals surface area contributed by atoms with E-state index in [-0.39, 0.29) is 11.3 Å². The van der Waals surface area contributed by atoms with Gasteiger partial charge < -0.3 is 5.32 Å². The van der Waals surface area contributed by atoms with Crippen LogP contribution in [0, 0.1) is 16.7 Å². The van der Waals surface area contributed by atoms with E-state index in [4.69, 9.17) is 0 Å². The standard InChI is InChI=1S/C16H25NO/c1-5-6-7-8-14(18)17-13-11-12-9-10-16(13,4)15(12,2)3/h5-8,12-13H,9-11H2,1-4H3,(H,17,18)/b6-5+,8-7+/t12-,13-,16-/m1/s1. The number of rotatable bonds is 3. The average molecular weight is 247 g/mol. The minimum Gasteiger partial charge on any atom is -0.349 e. The summed E-state index contributed by atoms with van der Waals surface area (Å²) in [6, 6.07) is 0.342. The maximum absolute atomic E-state index is 11.9. The van der Waals surface area contributed by atoms with Crippen LogP contribution in [0.1, 0.15) is 47.0 Å². The molecule has 2 aliphatic carbocycles. The van der Waals surface area contributed by atoms with Gasteiger partial charge in [0.15, 0.2) is 0 Å². The Bertz CT molecular complexity index is 394. The Morgan fingerprint density at radius 2 is 2.00 bits per heavy atom. The van der Waals surface area contributed by atoms with E-state index in [1.807, 2.05) is 19.1 Å². The van der Waals surface area contributed by atoms with Gasteiger partial charge in [-0.2, -0.15) is 0 Å². The van der Waals surface area contributed by atoms with Crippen LogP contribution in [0.15, 0.2) is 24.3 Å². The summed E-state index contributed by atoms with van der Waals surface area (Å²) in [6.45, 7) is 9.03. The fraction of sp³-hybridized carbons (Fsp3) is 0.688. The molecule has 3 atom stereocenters. The lowest BCUT2D eigenvalue weighted by molar-refractivity contribution is -0.118. The molecule has 0 aromatic heterocycles. The zero-order valence-corrected chi connectivity index (χ0v) is 12.0. The molecule has 0 aromatic rings. The van der Waals surface area contributed by atoms with E-state index in [0.29, 0.717) is 11.5 Å². The molecule has 0 radical (unpaired) electrons. The molecule has 1 amide bonds. The largest absolute Gasteiger partial charge is 0.349 e. The van der Waals surface area contributed by atoms with Gasteiger partial charge in [-0.25, -0.2) is 0 Å². The van der Waals surface area contributed by atoms with E-state index in [9.17, 15) is 4.79 Å². The minimum absolute atomic E-state index is 0.0441. The van der Waals surface area contributed by atoms with Crippen LogP contribution in [-0.2, 0) is 4.79 Å². The summed E-state index contributed by atoms with van der Waals surface area (Å²) in [6.07, 6.45) is 10.9. The van der Waals surface area contributed by atoms with Crippen molar-refractivity contribution in [2.75, 3.05) is 0 Å². The van der Waals surface area contributed by atoms with Crippen LogP contribution in [0.3, 0.4) is 0 Å². The lowest BCUT2D eigenvalue weighted by Gasteiger charge is -2.39. The molecule has 0 aliphatic heterocycles. The molecule has 1 N–H and O–H groups in total. The molecule has 100 valence electrons. The molecule has 2 fully saturated rings. The van der Waals surface area contributed by atoms with E-state index >= 15 is 0 Å². The number of fused-ring (bicyclic) bond motifs is 2. The minimum atomic E-state index is 0.0441. The summed E-state index contributed by atoms with van der Waals surface area (Å²) in [5.74, 6) is 0.815. The first-order valence-corrected chi connectivity index (χ1v) is 7.01. The fourth-order valence-corrected chi connectivity index (χ4v) is 3.90. The second-order valence-electron chi connectivity index (χ2n) is 6.56. The van der Waals surface area contributed by atoms with Crippen LogP contribution >= 0.6 is 0 Å². The van der Waals surface area contributed by atoms with E-state index in [1.165, 1.54) is 12.8 Å². The highest BCUT2D eigenvalue weighted by atomic mass is 16.1. The Morgan fingerprint density at radius 3 is 2.50 bits per heavy atom. The molecule has 0 aromatic carbocycles. The van der Waals surface area contributed by atoms with E-state index in [2.05, 4.69) is 26.1 Å². The van der Waals surface area contributed by atoms with Crippen molar-refractivity contribution in [1.29, 1.82) is 0 Å². The molecule has 0 saturated heterocycles. The summed E-state index contributed by atoms with van der Waals surface area (Å²) in [7, 11) is 0. The molecular formula is C16H25NO. The zero-order chi connectivity index (χ0) is 13.4. The molecule has 2 heteroatoms. The number of hydrogen-bond donors (Lipinski definition) is 1. The molecular weight excluding hydrogens is 222 g/mol. The SMILES string of the molecule is C/C=C/C=C/C(=O)N[C@@H]1C[C@H]2CC[C@@]1(C)C2(C)C. The topological polar surface area (TPSA) is 29.1 Å². The Labute approximate surface area is 111 Å². The van der Waals surface area contributed by atoms with Crippen molar-refractivity contribution in [1.82, 2.24) is 5.32 Å². The van der Waals surface area contributed by atoms with Crippen molar-refractivity contribution in [3.05, 3.63) is 24.3 Å². The van der Waals surface area contributed by atoms with E-state index in [0.717, 1.165) is 12.3 Å². The predicted molar refractivity (Wildman–Crippen MR) is 75.1 cm³/mol. The first-order valence-electron chi connectivity index (χ1n) is 7.01. The fourth-order valence-electron chi connectivity index (χ4n) is 3.90. The van der Waals surface area contributed by atoms with Crippen molar-refractivity contribution in [3.8, 4) is 0 Å². The number of carbonyl (C=O) groups excluding carboxylic acids is 1. The second kappa shape index (κ2) is 4.56. The second-order valence-corrected chi connectivity index (χ2v) is 6.56. The van der Waals surface area contributed by atoms with Crippen molar-refractivity contribution in [2.24, 2.45) is 16.7 Å². The van der Waals surface area contributed by atoms with Crippen molar-refractivity contribution < 1.29 is 4.79 Å². The smallest absolute Gasteiger partial charge is 0.244 e. The maximum Gasteiger partial charge on any atom is 0.244 e. The molecule has 0 spiro atoms. The Morgan fingerprint density at radius 1 is 1.28 bits per heavy atom. The first kappa shape index (κ1) is 13.4. The number of nitrogens with one attached hydrogen (secondary N) is 1. The highest BCUT2D eigenvalue weighted by Gasteiger charge is 2.61. The summed E-state index contributed by atoms with van der Waals surface area (Å²) in [5, 5.41) is 3.21. The van der Waals surface area contributed by atoms with Crippen LogP contribution in [0.2, 0.25) is 0 Å². The van der Waals surface area contributed by atoms with Gasteiger partial charge in [0.05, 0.1) is 0 Å². The quantitative estimate of drug-likeness (QED) is 0.600. The summed E-state index contributed by atoms with van der Waals surface area (Å²) >= 11 is 0. The summed E-state index contributed by atoms with van der Waals surface area (Å²) in [4.78, 5) is 11.9. The lowest BCUT2D eigenvalue weighted by Crippen LogP contribution is -2.46. The maximum atomic E-state index is 11.9. The summed E-state index contributed by atoms with van der Waals surface area (Å²) in [5.41, 5.74) is 0.625. The Hall–Kier alpha value is -1.05. The molecule has 0 heterocycles. The van der Waals surface area contributed by atoms with Crippen LogP contribution in [0.4, 0.5) is 0 Å². The van der Waals surface area contributed by atoms with Gasteiger partial charge in [0, 0.05) is 12.1 Å². The zero-order valence-electron chi connectivity index (χ0n) is 12.0. The van der Waals surface area contributed by atoms with Crippen molar-refractivity contribution in [2.45, 2.75) is 53.0 Å². The van der Waals surface area contributed by atoms with Crippen molar-refractivity contribution in [3.63, 3.8) is 0 Å². The molecule has 2 nitrogen and oxygen atoms in total. The van der Waals surface area contributed by atoms with Crippen molar-refractivity contribution >= 4 is 5.91 Å². The molecule has 2 saturated carbocycles. The number of allylic oxidation sites excluding steroid dienone is 3. The Kier molecular flexibility index (Phi) is 3.39. The number of carbonyl (C=O) groups is 1. The van der Waals surface area contributed by atoms with Crippen LogP contribution in [0.5, 0.6) is 0 Å². The van der Waals surface area contributed by atoms with E-state index in [1.54, 1.807) is 12.2 Å². The van der Waals surface area contributed by atoms with Gasteiger partial charge in [0.2, 0.25) is 5.91 Å². The van der Waals surface area contributed by atoms with E-state index < -0.39 is 0 Å². The highest BCUT2D eigenvalue weighted by Crippen LogP contribution is 2.65. The van der Waals surface area contributed by atoms with Gasteiger partial charge in [-0.1, -0.05) is 39.0 Å². The van der Waals surface area contributed by atoms with Gasteiger partial charge in [-0.15, -0.1) is 0 Å². The molecule has 2 aliphatic rings. The van der Waals surface area contributed by atoms with Gasteiger partial charge in [-0.05, 0) is 42.9 Å². The third-order valence-electron chi connectivity index (χ3n) is 5.66. The molecule has 0 unspecified atom stereocenters. The number of hydrogen-bond acceptors (Lipinski definition) is 1. The number of amides is 1.